The van der Waals surface area contributed by atoms with Crippen molar-refractivity contribution in [3.8, 4) is 0 Å². The van der Waals surface area contributed by atoms with Crippen LogP contribution in [0.4, 0.5) is 0 Å². The molecular formula is C9H13N3O2S. The van der Waals surface area contributed by atoms with E-state index in [1.165, 1.54) is 6.20 Å². The van der Waals surface area contributed by atoms with E-state index in [-0.39, 0.29) is 11.8 Å². The number of carbonyl (C=O) groups excluding carboxylic acids is 1. The Kier molecular flexibility index (Phi) is 2.97. The van der Waals surface area contributed by atoms with Crippen molar-refractivity contribution in [2.75, 3.05) is 13.1 Å². The summed E-state index contributed by atoms with van der Waals surface area (Å²) in [5, 5.41) is 13.3. The van der Waals surface area contributed by atoms with Crippen LogP contribution in [0.5, 0.6) is 0 Å². The van der Waals surface area contributed by atoms with Crippen LogP contribution in [0.15, 0.2) is 6.20 Å². The number of amides is 1. The molecule has 2 heterocycles. The Balaban J connectivity index is 2.03. The van der Waals surface area contributed by atoms with Gasteiger partial charge in [-0.1, -0.05) is 11.4 Å². The van der Waals surface area contributed by atoms with Gasteiger partial charge in [-0.2, -0.15) is 0 Å². The van der Waals surface area contributed by atoms with Gasteiger partial charge in [0.1, 0.15) is 4.88 Å². The van der Waals surface area contributed by atoms with Crippen LogP contribution in [0.1, 0.15) is 23.0 Å². The van der Waals surface area contributed by atoms with Gasteiger partial charge in [-0.3, -0.25) is 4.79 Å². The van der Waals surface area contributed by atoms with Gasteiger partial charge >= 0.3 is 0 Å². The second-order valence-electron chi connectivity index (χ2n) is 3.87. The standard InChI is InChI=1S/C9H13N3O2S/c1-6-2-3-12(5-7(6)13)9(14)8-4-10-11-15-8/h4,6-7,13H,2-3,5H2,1H3. The van der Waals surface area contributed by atoms with Crippen LogP contribution in [0.3, 0.4) is 0 Å². The van der Waals surface area contributed by atoms with Crippen molar-refractivity contribution in [2.24, 2.45) is 5.92 Å². The number of piperidine rings is 1. The van der Waals surface area contributed by atoms with Crippen LogP contribution in [0.2, 0.25) is 0 Å². The highest BCUT2D eigenvalue weighted by Gasteiger charge is 2.28. The summed E-state index contributed by atoms with van der Waals surface area (Å²) in [6, 6.07) is 0. The van der Waals surface area contributed by atoms with Crippen LogP contribution >= 0.6 is 11.5 Å². The van der Waals surface area contributed by atoms with E-state index in [1.54, 1.807) is 4.90 Å². The fourth-order valence-electron chi connectivity index (χ4n) is 1.65. The molecule has 1 aromatic rings. The maximum atomic E-state index is 11.9. The number of hydrogen-bond donors (Lipinski definition) is 1. The molecule has 2 rings (SSSR count). The van der Waals surface area contributed by atoms with Crippen molar-refractivity contribution in [2.45, 2.75) is 19.4 Å². The van der Waals surface area contributed by atoms with Gasteiger partial charge in [0.25, 0.3) is 5.91 Å². The van der Waals surface area contributed by atoms with Crippen molar-refractivity contribution >= 4 is 17.4 Å². The number of rotatable bonds is 1. The lowest BCUT2D eigenvalue weighted by Crippen LogP contribution is -2.45. The maximum absolute atomic E-state index is 11.9. The number of aromatic nitrogens is 2. The average Bonchev–Trinajstić information content (AvgIpc) is 2.74. The molecule has 2 atom stereocenters. The largest absolute Gasteiger partial charge is 0.391 e. The van der Waals surface area contributed by atoms with Crippen molar-refractivity contribution in [3.63, 3.8) is 0 Å². The summed E-state index contributed by atoms with van der Waals surface area (Å²) in [5.41, 5.74) is 0. The van der Waals surface area contributed by atoms with Crippen molar-refractivity contribution < 1.29 is 9.90 Å². The molecule has 0 bridgehead atoms. The van der Waals surface area contributed by atoms with E-state index in [9.17, 15) is 9.90 Å². The molecular weight excluding hydrogens is 214 g/mol. The predicted molar refractivity (Wildman–Crippen MR) is 55.6 cm³/mol. The van der Waals surface area contributed by atoms with Crippen LogP contribution in [0.25, 0.3) is 0 Å². The number of likely N-dealkylation sites (tertiary alicyclic amines) is 1. The van der Waals surface area contributed by atoms with Crippen LogP contribution in [0, 0.1) is 5.92 Å². The van der Waals surface area contributed by atoms with Crippen LogP contribution < -0.4 is 0 Å². The van der Waals surface area contributed by atoms with Crippen molar-refractivity contribution in [3.05, 3.63) is 11.1 Å². The van der Waals surface area contributed by atoms with Gasteiger partial charge in [-0.05, 0) is 23.9 Å². The SMILES string of the molecule is CC1CCN(C(=O)c2cnns2)CC1O. The van der Waals surface area contributed by atoms with Gasteiger partial charge in [-0.25, -0.2) is 0 Å². The molecule has 1 fully saturated rings. The van der Waals surface area contributed by atoms with Gasteiger partial charge in [-0.15, -0.1) is 5.10 Å². The molecule has 1 aliphatic heterocycles. The molecule has 0 radical (unpaired) electrons. The third-order valence-electron chi connectivity index (χ3n) is 2.78. The minimum Gasteiger partial charge on any atom is -0.391 e. The second kappa shape index (κ2) is 4.24. The lowest BCUT2D eigenvalue weighted by Gasteiger charge is -2.33. The summed E-state index contributed by atoms with van der Waals surface area (Å²) in [6.07, 6.45) is 1.90. The molecule has 0 aliphatic carbocycles. The monoisotopic (exact) mass is 227 g/mol. The first-order valence-corrected chi connectivity index (χ1v) is 5.70. The summed E-state index contributed by atoms with van der Waals surface area (Å²) < 4.78 is 3.65. The molecule has 1 aromatic heterocycles. The number of aliphatic hydroxyl groups excluding tert-OH is 1. The lowest BCUT2D eigenvalue weighted by molar-refractivity contribution is 0.0251. The first kappa shape index (κ1) is 10.5. The Labute approximate surface area is 91.9 Å². The fourth-order valence-corrected chi connectivity index (χ4v) is 2.13. The quantitative estimate of drug-likeness (QED) is 0.753. The van der Waals surface area contributed by atoms with Gasteiger partial charge in [0.05, 0.1) is 12.3 Å². The highest BCUT2D eigenvalue weighted by atomic mass is 32.1. The summed E-state index contributed by atoms with van der Waals surface area (Å²) in [5.74, 6) is 0.199. The number of carbonyl (C=O) groups is 1. The van der Waals surface area contributed by atoms with Crippen LogP contribution in [-0.2, 0) is 0 Å². The molecule has 1 amide bonds. The third kappa shape index (κ3) is 2.15. The molecule has 1 N–H and O–H groups in total. The third-order valence-corrected chi connectivity index (χ3v) is 3.43. The number of nitrogens with zero attached hydrogens (tertiary/aromatic N) is 3. The second-order valence-corrected chi connectivity index (χ2v) is 4.65. The topological polar surface area (TPSA) is 66.3 Å². The smallest absolute Gasteiger partial charge is 0.267 e. The van der Waals surface area contributed by atoms with Gasteiger partial charge < -0.3 is 10.0 Å². The zero-order chi connectivity index (χ0) is 10.8. The Hall–Kier alpha value is -1.01. The normalized spacial score (nSPS) is 26.7. The van der Waals surface area contributed by atoms with Crippen molar-refractivity contribution in [1.82, 2.24) is 14.5 Å². The highest BCUT2D eigenvalue weighted by molar-refractivity contribution is 7.07. The Morgan fingerprint density at radius 2 is 2.53 bits per heavy atom. The van der Waals surface area contributed by atoms with E-state index >= 15 is 0 Å². The molecule has 15 heavy (non-hydrogen) atoms. The van der Waals surface area contributed by atoms with E-state index in [0.29, 0.717) is 18.0 Å². The van der Waals surface area contributed by atoms with E-state index in [1.807, 2.05) is 6.92 Å². The van der Waals surface area contributed by atoms with Gasteiger partial charge in [0.2, 0.25) is 0 Å². The zero-order valence-corrected chi connectivity index (χ0v) is 9.28. The van der Waals surface area contributed by atoms with E-state index in [4.69, 9.17) is 0 Å². The minimum absolute atomic E-state index is 0.0732. The maximum Gasteiger partial charge on any atom is 0.267 e. The zero-order valence-electron chi connectivity index (χ0n) is 8.46. The molecule has 0 saturated carbocycles. The number of aliphatic hydroxyl groups is 1. The number of β-amino-alcohol motifs (C(OH)–C–C–N with tert-alkyl or cyclic N) is 1. The van der Waals surface area contributed by atoms with Crippen molar-refractivity contribution in [1.29, 1.82) is 0 Å². The number of hydrogen-bond acceptors (Lipinski definition) is 5. The first-order valence-electron chi connectivity index (χ1n) is 4.93. The Bertz CT molecular complexity index is 341. The molecule has 1 aliphatic rings. The predicted octanol–water partition coefficient (Wildman–Crippen LogP) is 0.381. The van der Waals surface area contributed by atoms with Gasteiger partial charge in [0.15, 0.2) is 0 Å². The highest BCUT2D eigenvalue weighted by Crippen LogP contribution is 2.19. The molecule has 0 spiro atoms. The first-order chi connectivity index (χ1) is 7.18. The Morgan fingerprint density at radius 3 is 3.13 bits per heavy atom. The fraction of sp³-hybridized carbons (Fsp3) is 0.667. The molecule has 82 valence electrons. The lowest BCUT2D eigenvalue weighted by atomic mass is 9.96. The molecule has 1 saturated heterocycles. The van der Waals surface area contributed by atoms with E-state index in [0.717, 1.165) is 18.0 Å². The Morgan fingerprint density at radius 1 is 1.73 bits per heavy atom. The van der Waals surface area contributed by atoms with E-state index in [2.05, 4.69) is 9.59 Å². The van der Waals surface area contributed by atoms with Gasteiger partial charge in [0, 0.05) is 13.1 Å². The molecule has 5 nitrogen and oxygen atoms in total. The van der Waals surface area contributed by atoms with Crippen LogP contribution in [-0.4, -0.2) is 44.7 Å². The summed E-state index contributed by atoms with van der Waals surface area (Å²) in [6.45, 7) is 3.12. The summed E-state index contributed by atoms with van der Waals surface area (Å²) >= 11 is 1.09. The summed E-state index contributed by atoms with van der Waals surface area (Å²) in [7, 11) is 0. The molecule has 6 heteroatoms. The van der Waals surface area contributed by atoms with E-state index < -0.39 is 6.10 Å². The molecule has 2 unspecified atom stereocenters. The summed E-state index contributed by atoms with van der Waals surface area (Å²) in [4.78, 5) is 14.1. The average molecular weight is 227 g/mol. The minimum atomic E-state index is -0.413. The molecule has 0 aromatic carbocycles.